The van der Waals surface area contributed by atoms with Crippen molar-refractivity contribution >= 4 is 40.0 Å². The molecule has 2 N–H and O–H groups in total. The van der Waals surface area contributed by atoms with Crippen LogP contribution in [0.15, 0.2) is 34.8 Å². The van der Waals surface area contributed by atoms with Crippen LogP contribution in [-0.2, 0) is 4.79 Å². The molecule has 0 saturated carbocycles. The zero-order valence-corrected chi connectivity index (χ0v) is 18.9. The summed E-state index contributed by atoms with van der Waals surface area (Å²) in [6.07, 6.45) is 1.53. The van der Waals surface area contributed by atoms with Crippen LogP contribution in [0.1, 0.15) is 31.3 Å². The van der Waals surface area contributed by atoms with Crippen LogP contribution in [-0.4, -0.2) is 50.2 Å². The largest absolute Gasteiger partial charge is 0.493 e. The number of thioether (sulfide) groups is 1. The number of carbonyl (C=O) groups is 2. The van der Waals surface area contributed by atoms with Crippen molar-refractivity contribution in [3.63, 3.8) is 0 Å². The van der Waals surface area contributed by atoms with E-state index in [2.05, 4.69) is 25.9 Å². The number of aromatic nitrogens is 4. The lowest BCUT2D eigenvalue weighted by molar-refractivity contribution is -0.119. The van der Waals surface area contributed by atoms with E-state index in [-0.39, 0.29) is 39.6 Å². The molecule has 164 valence electrons. The van der Waals surface area contributed by atoms with E-state index in [1.165, 1.54) is 54.0 Å². The SMILES string of the molecule is COc1cn(-c2ccc(F)cc2)nc1C(=O)Nc1nnc(SCC(=O)NC(C)(C)C)s1. The molecule has 12 heteroatoms. The molecule has 0 bridgehead atoms. The van der Waals surface area contributed by atoms with Gasteiger partial charge in [0.1, 0.15) is 5.82 Å². The van der Waals surface area contributed by atoms with E-state index in [4.69, 9.17) is 4.74 Å². The Labute approximate surface area is 186 Å². The maximum Gasteiger partial charge on any atom is 0.281 e. The molecule has 1 aromatic carbocycles. The highest BCUT2D eigenvalue weighted by Gasteiger charge is 2.21. The fourth-order valence-electron chi connectivity index (χ4n) is 2.45. The number of ether oxygens (including phenoxy) is 1. The molecule has 0 spiro atoms. The number of halogens is 1. The zero-order chi connectivity index (χ0) is 22.6. The van der Waals surface area contributed by atoms with E-state index >= 15 is 0 Å². The van der Waals surface area contributed by atoms with Gasteiger partial charge in [0, 0.05) is 5.54 Å². The minimum atomic E-state index is -0.532. The Balaban J connectivity index is 1.65. The van der Waals surface area contributed by atoms with Crippen LogP contribution in [0.4, 0.5) is 9.52 Å². The summed E-state index contributed by atoms with van der Waals surface area (Å²) in [4.78, 5) is 24.6. The molecular weight excluding hydrogens is 443 g/mol. The second-order valence-electron chi connectivity index (χ2n) is 7.38. The fourth-order valence-corrected chi connectivity index (χ4v) is 3.99. The number of methoxy groups -OCH3 is 1. The summed E-state index contributed by atoms with van der Waals surface area (Å²) in [5.41, 5.74) is 0.302. The monoisotopic (exact) mass is 464 g/mol. The van der Waals surface area contributed by atoms with Gasteiger partial charge in [-0.3, -0.25) is 14.9 Å². The maximum atomic E-state index is 13.1. The molecule has 0 radical (unpaired) electrons. The fraction of sp³-hybridized carbons (Fsp3) is 0.316. The first kappa shape index (κ1) is 22.7. The van der Waals surface area contributed by atoms with E-state index in [1.807, 2.05) is 20.8 Å². The molecule has 3 aromatic rings. The number of amides is 2. The standard InChI is InChI=1S/C19H21FN6O3S2/c1-19(2,3)22-14(27)10-30-18-24-23-17(31-18)21-16(28)15-13(29-4)9-26(25-15)12-7-5-11(20)6-8-12/h5-9H,10H2,1-4H3,(H,22,27)(H,21,23,28). The minimum absolute atomic E-state index is 0.0424. The van der Waals surface area contributed by atoms with Gasteiger partial charge in [-0.2, -0.15) is 5.10 Å². The number of nitrogens with zero attached hydrogens (tertiary/aromatic N) is 4. The first-order valence-electron chi connectivity index (χ1n) is 9.13. The van der Waals surface area contributed by atoms with Crippen molar-refractivity contribution in [2.75, 3.05) is 18.2 Å². The molecule has 9 nitrogen and oxygen atoms in total. The van der Waals surface area contributed by atoms with Crippen molar-refractivity contribution in [1.82, 2.24) is 25.3 Å². The highest BCUT2D eigenvalue weighted by molar-refractivity contribution is 8.01. The van der Waals surface area contributed by atoms with Crippen molar-refractivity contribution in [3.05, 3.63) is 42.0 Å². The van der Waals surface area contributed by atoms with Crippen LogP contribution in [0, 0.1) is 5.82 Å². The zero-order valence-electron chi connectivity index (χ0n) is 17.3. The van der Waals surface area contributed by atoms with Crippen LogP contribution in [0.3, 0.4) is 0 Å². The third-order valence-corrected chi connectivity index (χ3v) is 5.65. The van der Waals surface area contributed by atoms with Gasteiger partial charge in [-0.05, 0) is 45.0 Å². The quantitative estimate of drug-likeness (QED) is 0.408. The average Bonchev–Trinajstić information content (AvgIpc) is 3.32. The van der Waals surface area contributed by atoms with Gasteiger partial charge in [-0.1, -0.05) is 23.1 Å². The van der Waals surface area contributed by atoms with Crippen LogP contribution >= 0.6 is 23.1 Å². The molecule has 0 aliphatic heterocycles. The van der Waals surface area contributed by atoms with Crippen molar-refractivity contribution in [1.29, 1.82) is 0 Å². The minimum Gasteiger partial charge on any atom is -0.493 e. The van der Waals surface area contributed by atoms with E-state index in [9.17, 15) is 14.0 Å². The average molecular weight is 465 g/mol. The van der Waals surface area contributed by atoms with Crippen molar-refractivity contribution in [2.24, 2.45) is 0 Å². The number of benzene rings is 1. The summed E-state index contributed by atoms with van der Waals surface area (Å²) in [6, 6.07) is 5.66. The van der Waals surface area contributed by atoms with E-state index in [1.54, 1.807) is 0 Å². The Morgan fingerprint density at radius 3 is 2.58 bits per heavy atom. The van der Waals surface area contributed by atoms with Crippen LogP contribution in [0.25, 0.3) is 5.69 Å². The Morgan fingerprint density at radius 1 is 1.23 bits per heavy atom. The third-order valence-electron chi connectivity index (χ3n) is 3.67. The smallest absolute Gasteiger partial charge is 0.281 e. The topological polar surface area (TPSA) is 111 Å². The number of hydrogen-bond acceptors (Lipinski definition) is 8. The van der Waals surface area contributed by atoms with Crippen LogP contribution < -0.4 is 15.4 Å². The predicted octanol–water partition coefficient (Wildman–Crippen LogP) is 3.13. The second kappa shape index (κ2) is 9.43. The van der Waals surface area contributed by atoms with Gasteiger partial charge in [-0.25, -0.2) is 9.07 Å². The number of nitrogens with one attached hydrogen (secondary N) is 2. The predicted molar refractivity (Wildman–Crippen MR) is 117 cm³/mol. The maximum absolute atomic E-state index is 13.1. The summed E-state index contributed by atoms with van der Waals surface area (Å²) in [5.74, 6) is -0.581. The summed E-state index contributed by atoms with van der Waals surface area (Å²) < 4.78 is 20.3. The van der Waals surface area contributed by atoms with E-state index < -0.39 is 5.91 Å². The second-order valence-corrected chi connectivity index (χ2v) is 9.58. The van der Waals surface area contributed by atoms with Gasteiger partial charge in [0.2, 0.25) is 11.0 Å². The Kier molecular flexibility index (Phi) is 6.91. The molecule has 31 heavy (non-hydrogen) atoms. The van der Waals surface area contributed by atoms with E-state index in [0.29, 0.717) is 10.0 Å². The van der Waals surface area contributed by atoms with Gasteiger partial charge < -0.3 is 10.1 Å². The van der Waals surface area contributed by atoms with E-state index in [0.717, 1.165) is 11.3 Å². The molecule has 2 amide bonds. The normalized spacial score (nSPS) is 11.3. The molecule has 0 saturated heterocycles. The van der Waals surface area contributed by atoms with Gasteiger partial charge >= 0.3 is 0 Å². The van der Waals surface area contributed by atoms with Crippen LogP contribution in [0.5, 0.6) is 5.75 Å². The Hall–Kier alpha value is -2.99. The van der Waals surface area contributed by atoms with Crippen LogP contribution in [0.2, 0.25) is 0 Å². The summed E-state index contributed by atoms with van der Waals surface area (Å²) in [5, 5.41) is 17.9. The lowest BCUT2D eigenvalue weighted by atomic mass is 10.1. The molecule has 0 aliphatic carbocycles. The third kappa shape index (κ3) is 6.25. The molecular formula is C19H21FN6O3S2. The molecule has 2 heterocycles. The van der Waals surface area contributed by atoms with Gasteiger partial charge in [0.15, 0.2) is 15.8 Å². The molecule has 0 fully saturated rings. The van der Waals surface area contributed by atoms with Gasteiger partial charge in [0.05, 0.1) is 24.7 Å². The summed E-state index contributed by atoms with van der Waals surface area (Å²) >= 11 is 2.38. The number of rotatable bonds is 7. The highest BCUT2D eigenvalue weighted by atomic mass is 32.2. The Bertz CT molecular complexity index is 1080. The number of hydrogen-bond donors (Lipinski definition) is 2. The van der Waals surface area contributed by atoms with Crippen molar-refractivity contribution in [2.45, 2.75) is 30.6 Å². The van der Waals surface area contributed by atoms with Gasteiger partial charge in [0.25, 0.3) is 5.91 Å². The van der Waals surface area contributed by atoms with Crippen molar-refractivity contribution in [3.8, 4) is 11.4 Å². The molecule has 0 aliphatic rings. The number of anilines is 1. The highest BCUT2D eigenvalue weighted by Crippen LogP contribution is 2.27. The molecule has 3 rings (SSSR count). The first-order valence-corrected chi connectivity index (χ1v) is 10.9. The lowest BCUT2D eigenvalue weighted by Gasteiger charge is -2.19. The Morgan fingerprint density at radius 2 is 1.94 bits per heavy atom. The van der Waals surface area contributed by atoms with Gasteiger partial charge in [-0.15, -0.1) is 10.2 Å². The number of carbonyl (C=O) groups excluding carboxylic acids is 2. The summed E-state index contributed by atoms with van der Waals surface area (Å²) in [6.45, 7) is 5.71. The van der Waals surface area contributed by atoms with Crippen molar-refractivity contribution < 1.29 is 18.7 Å². The molecule has 2 aromatic heterocycles. The molecule has 0 unspecified atom stereocenters. The first-order chi connectivity index (χ1) is 14.6. The summed E-state index contributed by atoms with van der Waals surface area (Å²) in [7, 11) is 1.42. The lowest BCUT2D eigenvalue weighted by Crippen LogP contribution is -2.41. The molecule has 0 atom stereocenters.